The summed E-state index contributed by atoms with van der Waals surface area (Å²) in [5.41, 5.74) is 0. The third-order valence-corrected chi connectivity index (χ3v) is 5.90. The number of rotatable bonds is 1. The molecule has 2 rings (SSSR count). The van der Waals surface area contributed by atoms with E-state index < -0.39 is 0 Å². The van der Waals surface area contributed by atoms with Crippen LogP contribution < -0.4 is 4.80 Å². The van der Waals surface area contributed by atoms with Gasteiger partial charge in [-0.15, -0.1) is 22.7 Å². The summed E-state index contributed by atoms with van der Waals surface area (Å²) >= 11 is 9.51. The molecule has 0 unspecified atom stereocenters. The maximum atomic E-state index is 11.8. The molecule has 0 fully saturated rings. The zero-order chi connectivity index (χ0) is 11.7. The third-order valence-electron chi connectivity index (χ3n) is 1.81. The zero-order valence-electron chi connectivity index (χ0n) is 8.11. The second-order valence-electron chi connectivity index (χ2n) is 2.95. The quantitative estimate of drug-likeness (QED) is 0.745. The van der Waals surface area contributed by atoms with E-state index in [0.717, 1.165) is 8.26 Å². The van der Waals surface area contributed by atoms with Crippen LogP contribution in [0.2, 0.25) is 0 Å². The minimum atomic E-state index is -0.213. The molecule has 0 radical (unpaired) electrons. The Morgan fingerprint density at radius 3 is 2.75 bits per heavy atom. The lowest BCUT2D eigenvalue weighted by Crippen LogP contribution is -2.11. The second-order valence-corrected chi connectivity index (χ2v) is 7.04. The largest absolute Gasteiger partial charge is 0.327 e. The van der Waals surface area contributed by atoms with E-state index in [1.807, 2.05) is 23.2 Å². The normalized spacial score (nSPS) is 12.1. The van der Waals surface area contributed by atoms with E-state index in [4.69, 9.17) is 0 Å². The Balaban J connectivity index is 2.38. The number of aromatic nitrogens is 1. The van der Waals surface area contributed by atoms with Gasteiger partial charge >= 0.3 is 0 Å². The van der Waals surface area contributed by atoms with E-state index in [1.165, 1.54) is 22.7 Å². The fraction of sp³-hybridized carbons (Fsp3) is 0.111. The van der Waals surface area contributed by atoms with Gasteiger partial charge in [0, 0.05) is 23.1 Å². The van der Waals surface area contributed by atoms with Crippen molar-refractivity contribution in [1.82, 2.24) is 4.57 Å². The van der Waals surface area contributed by atoms with Crippen LogP contribution in [-0.2, 0) is 7.05 Å². The molecule has 3 nitrogen and oxygen atoms in total. The van der Waals surface area contributed by atoms with Crippen LogP contribution >= 0.6 is 54.5 Å². The number of amides is 1. The van der Waals surface area contributed by atoms with Gasteiger partial charge in [-0.05, 0) is 37.9 Å². The Hall–Kier alpha value is -0.240. The molecule has 0 saturated heterocycles. The highest BCUT2D eigenvalue weighted by molar-refractivity contribution is 9.13. The molecule has 0 aliphatic heterocycles. The highest BCUT2D eigenvalue weighted by Crippen LogP contribution is 2.32. The zero-order valence-corrected chi connectivity index (χ0v) is 12.9. The second kappa shape index (κ2) is 4.95. The summed E-state index contributed by atoms with van der Waals surface area (Å²) in [5.74, 6) is -0.213. The molecule has 2 aromatic heterocycles. The van der Waals surface area contributed by atoms with E-state index in [0.29, 0.717) is 9.68 Å². The smallest absolute Gasteiger partial charge is 0.289 e. The Bertz CT molecular complexity index is 577. The maximum absolute atomic E-state index is 11.8. The summed E-state index contributed by atoms with van der Waals surface area (Å²) in [6.45, 7) is 0. The van der Waals surface area contributed by atoms with Crippen molar-refractivity contribution in [3.8, 4) is 0 Å². The van der Waals surface area contributed by atoms with Gasteiger partial charge in [0.15, 0.2) is 4.80 Å². The van der Waals surface area contributed by atoms with Crippen molar-refractivity contribution in [3.05, 3.63) is 35.6 Å². The van der Waals surface area contributed by atoms with Crippen molar-refractivity contribution in [3.63, 3.8) is 0 Å². The Morgan fingerprint density at radius 2 is 2.25 bits per heavy atom. The van der Waals surface area contributed by atoms with Gasteiger partial charge in [0.1, 0.15) is 0 Å². The summed E-state index contributed by atoms with van der Waals surface area (Å²) in [6, 6.07) is 1.77. The van der Waals surface area contributed by atoms with Gasteiger partial charge in [0.05, 0.1) is 8.66 Å². The lowest BCUT2D eigenvalue weighted by Gasteiger charge is -1.89. The summed E-state index contributed by atoms with van der Waals surface area (Å²) in [4.78, 5) is 17.2. The number of thiophene rings is 1. The van der Waals surface area contributed by atoms with Crippen LogP contribution in [-0.4, -0.2) is 10.5 Å². The maximum Gasteiger partial charge on any atom is 0.289 e. The molecule has 2 heterocycles. The van der Waals surface area contributed by atoms with Gasteiger partial charge in [-0.1, -0.05) is 0 Å². The van der Waals surface area contributed by atoms with Gasteiger partial charge in [-0.3, -0.25) is 4.79 Å². The first-order valence-electron chi connectivity index (χ1n) is 4.22. The van der Waals surface area contributed by atoms with E-state index in [9.17, 15) is 4.79 Å². The Morgan fingerprint density at radius 1 is 1.50 bits per heavy atom. The SMILES string of the molecule is Cn1ccsc1=NC(=O)c1cc(Br)c(Br)s1. The first kappa shape index (κ1) is 12.2. The molecule has 0 aliphatic carbocycles. The van der Waals surface area contributed by atoms with Crippen LogP contribution in [0.5, 0.6) is 0 Å². The first-order valence-corrected chi connectivity index (χ1v) is 7.50. The summed E-state index contributed by atoms with van der Waals surface area (Å²) in [5, 5.41) is 1.90. The van der Waals surface area contributed by atoms with Gasteiger partial charge in [-0.25, -0.2) is 0 Å². The molecule has 0 N–H and O–H groups in total. The van der Waals surface area contributed by atoms with Crippen molar-refractivity contribution >= 4 is 60.4 Å². The average Bonchev–Trinajstić information content (AvgIpc) is 2.76. The molecule has 1 amide bonds. The molecule has 7 heteroatoms. The van der Waals surface area contributed by atoms with Crippen LogP contribution in [0.1, 0.15) is 9.67 Å². The van der Waals surface area contributed by atoms with Gasteiger partial charge < -0.3 is 4.57 Å². The number of halogens is 2. The van der Waals surface area contributed by atoms with E-state index in [2.05, 4.69) is 36.9 Å². The van der Waals surface area contributed by atoms with E-state index >= 15 is 0 Å². The molecular weight excluding hydrogens is 376 g/mol. The fourth-order valence-corrected chi connectivity index (χ4v) is 3.68. The standard InChI is InChI=1S/C9H6Br2N2OS2/c1-13-2-3-15-9(13)12-8(14)6-4-5(10)7(11)16-6/h2-4H,1H3. The molecular formula is C9H6Br2N2OS2. The van der Waals surface area contributed by atoms with Crippen molar-refractivity contribution in [2.24, 2.45) is 12.0 Å². The molecule has 16 heavy (non-hydrogen) atoms. The van der Waals surface area contributed by atoms with Crippen molar-refractivity contribution in [2.45, 2.75) is 0 Å². The number of thiazole rings is 1. The van der Waals surface area contributed by atoms with Crippen LogP contribution in [0.3, 0.4) is 0 Å². The molecule has 0 aliphatic rings. The summed E-state index contributed by atoms with van der Waals surface area (Å²) in [7, 11) is 1.86. The van der Waals surface area contributed by atoms with Crippen molar-refractivity contribution in [2.75, 3.05) is 0 Å². The number of carbonyl (C=O) groups excluding carboxylic acids is 1. The molecule has 2 aromatic rings. The van der Waals surface area contributed by atoms with Crippen LogP contribution in [0.15, 0.2) is 30.9 Å². The molecule has 0 saturated carbocycles. The summed E-state index contributed by atoms with van der Waals surface area (Å²) in [6.07, 6.45) is 1.87. The lowest BCUT2D eigenvalue weighted by molar-refractivity contribution is 0.100. The monoisotopic (exact) mass is 380 g/mol. The van der Waals surface area contributed by atoms with Crippen LogP contribution in [0.25, 0.3) is 0 Å². The fourth-order valence-electron chi connectivity index (χ4n) is 1.03. The third kappa shape index (κ3) is 2.53. The minimum absolute atomic E-state index is 0.213. The highest BCUT2D eigenvalue weighted by atomic mass is 79.9. The molecule has 84 valence electrons. The Kier molecular flexibility index (Phi) is 3.78. The molecule has 0 bridgehead atoms. The predicted octanol–water partition coefficient (Wildman–Crippen LogP) is 3.41. The predicted molar refractivity (Wildman–Crippen MR) is 72.9 cm³/mol. The topological polar surface area (TPSA) is 34.4 Å². The van der Waals surface area contributed by atoms with Crippen LogP contribution in [0.4, 0.5) is 0 Å². The highest BCUT2D eigenvalue weighted by Gasteiger charge is 2.11. The van der Waals surface area contributed by atoms with E-state index in [-0.39, 0.29) is 5.91 Å². The average molecular weight is 382 g/mol. The van der Waals surface area contributed by atoms with Gasteiger partial charge in [0.2, 0.25) is 0 Å². The van der Waals surface area contributed by atoms with E-state index in [1.54, 1.807) is 6.07 Å². The Labute approximate surface area is 117 Å². The minimum Gasteiger partial charge on any atom is -0.327 e. The number of hydrogen-bond acceptors (Lipinski definition) is 3. The first-order chi connectivity index (χ1) is 7.58. The van der Waals surface area contributed by atoms with Crippen molar-refractivity contribution < 1.29 is 4.79 Å². The number of aryl methyl sites for hydroxylation is 1. The molecule has 0 spiro atoms. The lowest BCUT2D eigenvalue weighted by atomic mass is 10.4. The number of hydrogen-bond donors (Lipinski definition) is 0. The van der Waals surface area contributed by atoms with Gasteiger partial charge in [-0.2, -0.15) is 4.99 Å². The number of carbonyl (C=O) groups is 1. The van der Waals surface area contributed by atoms with Gasteiger partial charge in [0.25, 0.3) is 5.91 Å². The van der Waals surface area contributed by atoms with Crippen LogP contribution in [0, 0.1) is 0 Å². The molecule has 0 atom stereocenters. The summed E-state index contributed by atoms with van der Waals surface area (Å²) < 4.78 is 3.61. The number of nitrogens with zero attached hydrogens (tertiary/aromatic N) is 2. The molecule has 0 aromatic carbocycles. The van der Waals surface area contributed by atoms with Crippen molar-refractivity contribution in [1.29, 1.82) is 0 Å².